The Morgan fingerprint density at radius 3 is 1.69 bits per heavy atom. The van der Waals surface area contributed by atoms with Gasteiger partial charge in [-0.05, 0) is 6.92 Å². The minimum atomic E-state index is -0.152. The molecule has 1 aromatic carbocycles. The largest absolute Gasteiger partial charge is 0.496 e. The molecule has 0 aliphatic rings. The lowest BCUT2D eigenvalue weighted by Gasteiger charge is -2.17. The van der Waals surface area contributed by atoms with Gasteiger partial charge in [0.2, 0.25) is 0 Å². The number of rotatable bonds is 4. The predicted octanol–water partition coefficient (Wildman–Crippen LogP) is 2.15. The molecule has 5 heteroatoms. The average Bonchev–Trinajstić information content (AvgIpc) is 2.26. The van der Waals surface area contributed by atoms with Crippen LogP contribution in [0.2, 0.25) is 0 Å². The van der Waals surface area contributed by atoms with Gasteiger partial charge in [-0.3, -0.25) is 0 Å². The van der Waals surface area contributed by atoms with Crippen molar-refractivity contribution in [2.75, 3.05) is 21.3 Å². The van der Waals surface area contributed by atoms with E-state index < -0.39 is 0 Å². The van der Waals surface area contributed by atoms with E-state index in [4.69, 9.17) is 19.9 Å². The molecule has 4 nitrogen and oxygen atoms in total. The van der Waals surface area contributed by atoms with Crippen LogP contribution in [0.3, 0.4) is 0 Å². The molecule has 2 N–H and O–H groups in total. The van der Waals surface area contributed by atoms with Crippen LogP contribution in [0.25, 0.3) is 0 Å². The highest BCUT2D eigenvalue weighted by molar-refractivity contribution is 5.85. The highest BCUT2D eigenvalue weighted by Gasteiger charge is 2.16. The fourth-order valence-electron chi connectivity index (χ4n) is 1.48. The van der Waals surface area contributed by atoms with Crippen molar-refractivity contribution >= 4 is 12.4 Å². The van der Waals surface area contributed by atoms with Gasteiger partial charge in [0, 0.05) is 18.2 Å². The normalized spacial score (nSPS) is 11.3. The molecule has 0 aliphatic heterocycles. The number of methoxy groups -OCH3 is 3. The summed E-state index contributed by atoms with van der Waals surface area (Å²) in [5.41, 5.74) is 6.71. The first-order chi connectivity index (χ1) is 7.13. The van der Waals surface area contributed by atoms with Crippen molar-refractivity contribution in [1.29, 1.82) is 0 Å². The molecule has 0 heterocycles. The molecule has 0 bridgehead atoms. The standard InChI is InChI=1S/C11H17NO3.ClH/c1-7(12)11-9(14-3)5-8(13-2)6-10(11)15-4;/h5-7H,12H2,1-4H3;1H/t7-;/m1./s1. The smallest absolute Gasteiger partial charge is 0.131 e. The summed E-state index contributed by atoms with van der Waals surface area (Å²) in [6.45, 7) is 1.88. The Hall–Kier alpha value is -1.13. The van der Waals surface area contributed by atoms with E-state index in [1.807, 2.05) is 6.92 Å². The molecule has 0 aromatic heterocycles. The van der Waals surface area contributed by atoms with Crippen molar-refractivity contribution < 1.29 is 14.2 Å². The molecule has 1 rings (SSSR count). The third-order valence-electron chi connectivity index (χ3n) is 2.21. The number of benzene rings is 1. The van der Waals surface area contributed by atoms with Gasteiger partial charge < -0.3 is 19.9 Å². The quantitative estimate of drug-likeness (QED) is 0.886. The summed E-state index contributed by atoms with van der Waals surface area (Å²) in [5.74, 6) is 2.05. The Morgan fingerprint density at radius 2 is 1.44 bits per heavy atom. The van der Waals surface area contributed by atoms with Gasteiger partial charge in [-0.2, -0.15) is 0 Å². The van der Waals surface area contributed by atoms with Crippen molar-refractivity contribution in [1.82, 2.24) is 0 Å². The van der Waals surface area contributed by atoms with Gasteiger partial charge in [0.25, 0.3) is 0 Å². The molecule has 0 fully saturated rings. The fraction of sp³-hybridized carbons (Fsp3) is 0.455. The highest BCUT2D eigenvalue weighted by Crippen LogP contribution is 2.37. The van der Waals surface area contributed by atoms with Crippen LogP contribution in [0.5, 0.6) is 17.2 Å². The number of halogens is 1. The maximum absolute atomic E-state index is 5.86. The van der Waals surface area contributed by atoms with Crippen molar-refractivity contribution in [2.24, 2.45) is 5.73 Å². The molecular weight excluding hydrogens is 230 g/mol. The Balaban J connectivity index is 0.00000225. The molecule has 0 aliphatic carbocycles. The fourth-order valence-corrected chi connectivity index (χ4v) is 1.48. The van der Waals surface area contributed by atoms with E-state index in [9.17, 15) is 0 Å². The zero-order chi connectivity index (χ0) is 11.4. The van der Waals surface area contributed by atoms with Crippen LogP contribution in [0.4, 0.5) is 0 Å². The summed E-state index contributed by atoms with van der Waals surface area (Å²) >= 11 is 0. The minimum absolute atomic E-state index is 0. The van der Waals surface area contributed by atoms with E-state index in [2.05, 4.69) is 0 Å². The maximum atomic E-state index is 5.86. The zero-order valence-electron chi connectivity index (χ0n) is 9.94. The molecule has 1 aromatic rings. The molecule has 0 amide bonds. The molecule has 0 spiro atoms. The summed E-state index contributed by atoms with van der Waals surface area (Å²) in [5, 5.41) is 0. The molecule has 1 atom stereocenters. The molecule has 0 saturated heterocycles. The number of hydrogen-bond donors (Lipinski definition) is 1. The summed E-state index contributed by atoms with van der Waals surface area (Å²) < 4.78 is 15.6. The van der Waals surface area contributed by atoms with Gasteiger partial charge in [0.15, 0.2) is 0 Å². The third-order valence-corrected chi connectivity index (χ3v) is 2.21. The lowest BCUT2D eigenvalue weighted by molar-refractivity contribution is 0.365. The Bertz CT molecular complexity index is 317. The van der Waals surface area contributed by atoms with Gasteiger partial charge >= 0.3 is 0 Å². The predicted molar refractivity (Wildman–Crippen MR) is 65.9 cm³/mol. The van der Waals surface area contributed by atoms with Gasteiger partial charge in [-0.1, -0.05) is 0 Å². The van der Waals surface area contributed by atoms with E-state index in [0.29, 0.717) is 17.2 Å². The van der Waals surface area contributed by atoms with Crippen LogP contribution < -0.4 is 19.9 Å². The average molecular weight is 248 g/mol. The van der Waals surface area contributed by atoms with Crippen LogP contribution in [0, 0.1) is 0 Å². The van der Waals surface area contributed by atoms with Crippen molar-refractivity contribution in [3.05, 3.63) is 17.7 Å². The zero-order valence-corrected chi connectivity index (χ0v) is 10.8. The summed E-state index contributed by atoms with van der Waals surface area (Å²) in [4.78, 5) is 0. The number of hydrogen-bond acceptors (Lipinski definition) is 4. The van der Waals surface area contributed by atoms with E-state index in [0.717, 1.165) is 5.56 Å². The molecule has 0 saturated carbocycles. The topological polar surface area (TPSA) is 53.7 Å². The molecular formula is C11H18ClNO3. The number of nitrogens with two attached hydrogens (primary N) is 1. The Kier molecular flexibility index (Phi) is 6.00. The van der Waals surface area contributed by atoms with E-state index in [1.54, 1.807) is 33.5 Å². The SMILES string of the molecule is COc1cc(OC)c([C@@H](C)N)c(OC)c1.Cl. The molecule has 0 unspecified atom stereocenters. The minimum Gasteiger partial charge on any atom is -0.496 e. The van der Waals surface area contributed by atoms with Crippen LogP contribution >= 0.6 is 12.4 Å². The maximum Gasteiger partial charge on any atom is 0.131 e. The second kappa shape index (κ2) is 6.45. The van der Waals surface area contributed by atoms with Gasteiger partial charge in [-0.15, -0.1) is 12.4 Å². The second-order valence-electron chi connectivity index (χ2n) is 3.23. The second-order valence-corrected chi connectivity index (χ2v) is 3.23. The first kappa shape index (κ1) is 14.9. The van der Waals surface area contributed by atoms with Gasteiger partial charge in [0.1, 0.15) is 17.2 Å². The lowest BCUT2D eigenvalue weighted by atomic mass is 10.1. The lowest BCUT2D eigenvalue weighted by Crippen LogP contribution is -2.09. The van der Waals surface area contributed by atoms with E-state index >= 15 is 0 Å². The van der Waals surface area contributed by atoms with Crippen molar-refractivity contribution in [3.63, 3.8) is 0 Å². The van der Waals surface area contributed by atoms with Gasteiger partial charge in [0.05, 0.1) is 26.9 Å². The highest BCUT2D eigenvalue weighted by atomic mass is 35.5. The van der Waals surface area contributed by atoms with Crippen LogP contribution in [0.1, 0.15) is 18.5 Å². The number of ether oxygens (including phenoxy) is 3. The van der Waals surface area contributed by atoms with Crippen molar-refractivity contribution in [3.8, 4) is 17.2 Å². The monoisotopic (exact) mass is 247 g/mol. The van der Waals surface area contributed by atoms with Crippen molar-refractivity contribution in [2.45, 2.75) is 13.0 Å². The summed E-state index contributed by atoms with van der Waals surface area (Å²) in [7, 11) is 4.79. The summed E-state index contributed by atoms with van der Waals surface area (Å²) in [6, 6.07) is 3.43. The van der Waals surface area contributed by atoms with Crippen LogP contribution in [-0.2, 0) is 0 Å². The summed E-state index contributed by atoms with van der Waals surface area (Å²) in [6.07, 6.45) is 0. The first-order valence-electron chi connectivity index (χ1n) is 4.69. The van der Waals surface area contributed by atoms with Crippen LogP contribution in [-0.4, -0.2) is 21.3 Å². The van der Waals surface area contributed by atoms with E-state index in [-0.39, 0.29) is 18.4 Å². The molecule has 92 valence electrons. The third kappa shape index (κ3) is 2.93. The Labute approximate surface area is 102 Å². The van der Waals surface area contributed by atoms with Gasteiger partial charge in [-0.25, -0.2) is 0 Å². The molecule has 16 heavy (non-hydrogen) atoms. The van der Waals surface area contributed by atoms with Crippen LogP contribution in [0.15, 0.2) is 12.1 Å². The molecule has 0 radical (unpaired) electrons. The first-order valence-corrected chi connectivity index (χ1v) is 4.69. The van der Waals surface area contributed by atoms with E-state index in [1.165, 1.54) is 0 Å². The Morgan fingerprint density at radius 1 is 1.00 bits per heavy atom.